The monoisotopic (exact) mass is 250 g/mol. The SMILES string of the molecule is CCCNC(C)c1csc(-c2nccn2C)n1. The Bertz CT molecular complexity index is 474. The number of aryl methyl sites for hydroxylation is 1. The van der Waals surface area contributed by atoms with Gasteiger partial charge in [-0.15, -0.1) is 11.3 Å². The molecule has 2 heterocycles. The molecule has 2 aromatic rings. The summed E-state index contributed by atoms with van der Waals surface area (Å²) >= 11 is 1.65. The van der Waals surface area contributed by atoms with Crippen LogP contribution in [0.3, 0.4) is 0 Å². The highest BCUT2D eigenvalue weighted by atomic mass is 32.1. The van der Waals surface area contributed by atoms with E-state index in [1.807, 2.05) is 17.8 Å². The maximum absolute atomic E-state index is 4.64. The van der Waals surface area contributed by atoms with Crippen LogP contribution >= 0.6 is 11.3 Å². The van der Waals surface area contributed by atoms with E-state index in [9.17, 15) is 0 Å². The van der Waals surface area contributed by atoms with Gasteiger partial charge >= 0.3 is 0 Å². The van der Waals surface area contributed by atoms with E-state index in [1.54, 1.807) is 17.5 Å². The molecule has 0 radical (unpaired) electrons. The van der Waals surface area contributed by atoms with Gasteiger partial charge in [0.2, 0.25) is 0 Å². The summed E-state index contributed by atoms with van der Waals surface area (Å²) in [6, 6.07) is 0.306. The molecule has 1 N–H and O–H groups in total. The van der Waals surface area contributed by atoms with Crippen LogP contribution in [0.25, 0.3) is 10.8 Å². The van der Waals surface area contributed by atoms with E-state index in [-0.39, 0.29) is 0 Å². The molecule has 0 bridgehead atoms. The van der Waals surface area contributed by atoms with Crippen LogP contribution in [0.1, 0.15) is 32.0 Å². The first-order valence-corrected chi connectivity index (χ1v) is 6.76. The number of imidazole rings is 1. The highest BCUT2D eigenvalue weighted by Gasteiger charge is 2.12. The van der Waals surface area contributed by atoms with Crippen molar-refractivity contribution in [1.82, 2.24) is 19.9 Å². The van der Waals surface area contributed by atoms with Gasteiger partial charge in [0.1, 0.15) is 0 Å². The summed E-state index contributed by atoms with van der Waals surface area (Å²) in [6.45, 7) is 5.34. The van der Waals surface area contributed by atoms with E-state index < -0.39 is 0 Å². The fourth-order valence-electron chi connectivity index (χ4n) is 1.62. The Morgan fingerprint density at radius 3 is 3.00 bits per heavy atom. The molecule has 2 rings (SSSR count). The predicted molar refractivity (Wildman–Crippen MR) is 71.0 cm³/mol. The van der Waals surface area contributed by atoms with Crippen LogP contribution in [-0.4, -0.2) is 21.1 Å². The molecular formula is C12H18N4S. The average Bonchev–Trinajstić information content (AvgIpc) is 2.93. The average molecular weight is 250 g/mol. The molecule has 0 saturated heterocycles. The molecule has 0 spiro atoms. The van der Waals surface area contributed by atoms with Crippen molar-refractivity contribution in [3.05, 3.63) is 23.5 Å². The fourth-order valence-corrected chi connectivity index (χ4v) is 2.57. The molecule has 0 saturated carbocycles. The Morgan fingerprint density at radius 1 is 1.53 bits per heavy atom. The van der Waals surface area contributed by atoms with Crippen molar-refractivity contribution in [2.24, 2.45) is 7.05 Å². The highest BCUT2D eigenvalue weighted by molar-refractivity contribution is 7.13. The number of aromatic nitrogens is 3. The van der Waals surface area contributed by atoms with Crippen LogP contribution in [0.5, 0.6) is 0 Å². The molecule has 0 amide bonds. The first-order chi connectivity index (χ1) is 8.22. The zero-order chi connectivity index (χ0) is 12.3. The minimum absolute atomic E-state index is 0.306. The van der Waals surface area contributed by atoms with Crippen LogP contribution in [0.4, 0.5) is 0 Å². The summed E-state index contributed by atoms with van der Waals surface area (Å²) in [5.41, 5.74) is 1.10. The molecule has 0 aromatic carbocycles. The number of thiazole rings is 1. The number of nitrogens with zero attached hydrogens (tertiary/aromatic N) is 3. The second kappa shape index (κ2) is 5.42. The summed E-state index contributed by atoms with van der Waals surface area (Å²) < 4.78 is 1.99. The molecule has 92 valence electrons. The maximum atomic E-state index is 4.64. The lowest BCUT2D eigenvalue weighted by Gasteiger charge is -2.09. The third kappa shape index (κ3) is 2.73. The smallest absolute Gasteiger partial charge is 0.168 e. The van der Waals surface area contributed by atoms with Crippen molar-refractivity contribution in [1.29, 1.82) is 0 Å². The fraction of sp³-hybridized carbons (Fsp3) is 0.500. The quantitative estimate of drug-likeness (QED) is 0.887. The number of nitrogens with one attached hydrogen (secondary N) is 1. The van der Waals surface area contributed by atoms with Crippen LogP contribution in [0.15, 0.2) is 17.8 Å². The summed E-state index contributed by atoms with van der Waals surface area (Å²) in [6.07, 6.45) is 4.88. The van der Waals surface area contributed by atoms with Crippen molar-refractivity contribution in [3.63, 3.8) is 0 Å². The Morgan fingerprint density at radius 2 is 2.35 bits per heavy atom. The van der Waals surface area contributed by atoms with Gasteiger partial charge < -0.3 is 9.88 Å². The first kappa shape index (κ1) is 12.3. The van der Waals surface area contributed by atoms with Crippen molar-refractivity contribution in [2.45, 2.75) is 26.3 Å². The molecule has 1 atom stereocenters. The minimum atomic E-state index is 0.306. The number of hydrogen-bond donors (Lipinski definition) is 1. The molecule has 0 fully saturated rings. The van der Waals surface area contributed by atoms with Gasteiger partial charge in [0, 0.05) is 30.9 Å². The van der Waals surface area contributed by atoms with E-state index in [4.69, 9.17) is 0 Å². The van der Waals surface area contributed by atoms with Gasteiger partial charge in [-0.3, -0.25) is 0 Å². The van der Waals surface area contributed by atoms with Crippen molar-refractivity contribution < 1.29 is 0 Å². The third-order valence-corrected chi connectivity index (χ3v) is 3.54. The Hall–Kier alpha value is -1.20. The lowest BCUT2D eigenvalue weighted by atomic mass is 10.2. The van der Waals surface area contributed by atoms with Crippen molar-refractivity contribution in [3.8, 4) is 10.8 Å². The van der Waals surface area contributed by atoms with E-state index >= 15 is 0 Å². The molecular weight excluding hydrogens is 232 g/mol. The predicted octanol–water partition coefficient (Wildman–Crippen LogP) is 2.60. The topological polar surface area (TPSA) is 42.7 Å². The normalized spacial score (nSPS) is 12.9. The summed E-state index contributed by atoms with van der Waals surface area (Å²) in [7, 11) is 1.99. The summed E-state index contributed by atoms with van der Waals surface area (Å²) in [5.74, 6) is 0.934. The molecule has 17 heavy (non-hydrogen) atoms. The third-order valence-electron chi connectivity index (χ3n) is 2.68. The Balaban J connectivity index is 2.13. The van der Waals surface area contributed by atoms with Crippen LogP contribution in [0.2, 0.25) is 0 Å². The molecule has 0 aliphatic heterocycles. The summed E-state index contributed by atoms with van der Waals surface area (Å²) in [4.78, 5) is 8.95. The summed E-state index contributed by atoms with van der Waals surface area (Å²) in [5, 5.41) is 6.53. The van der Waals surface area contributed by atoms with Crippen LogP contribution in [-0.2, 0) is 7.05 Å². The zero-order valence-corrected chi connectivity index (χ0v) is 11.3. The maximum Gasteiger partial charge on any atom is 0.168 e. The lowest BCUT2D eigenvalue weighted by molar-refractivity contribution is 0.561. The zero-order valence-electron chi connectivity index (χ0n) is 10.5. The van der Waals surface area contributed by atoms with Crippen LogP contribution < -0.4 is 5.32 Å². The molecule has 4 nitrogen and oxygen atoms in total. The molecule has 0 aliphatic rings. The minimum Gasteiger partial charge on any atom is -0.332 e. The largest absolute Gasteiger partial charge is 0.332 e. The Labute approximate surface area is 106 Å². The second-order valence-electron chi connectivity index (χ2n) is 4.12. The van der Waals surface area contributed by atoms with Gasteiger partial charge in [-0.2, -0.15) is 0 Å². The van der Waals surface area contributed by atoms with E-state index in [0.717, 1.165) is 29.5 Å². The highest BCUT2D eigenvalue weighted by Crippen LogP contribution is 2.24. The molecule has 5 heteroatoms. The van der Waals surface area contributed by atoms with Crippen molar-refractivity contribution in [2.75, 3.05) is 6.54 Å². The van der Waals surface area contributed by atoms with E-state index in [0.29, 0.717) is 6.04 Å². The van der Waals surface area contributed by atoms with Gasteiger partial charge in [0.15, 0.2) is 10.8 Å². The van der Waals surface area contributed by atoms with Crippen molar-refractivity contribution >= 4 is 11.3 Å². The van der Waals surface area contributed by atoms with Gasteiger partial charge in [-0.1, -0.05) is 6.92 Å². The lowest BCUT2D eigenvalue weighted by Crippen LogP contribution is -2.19. The molecule has 2 aromatic heterocycles. The van der Waals surface area contributed by atoms with Gasteiger partial charge in [-0.25, -0.2) is 9.97 Å². The standard InChI is InChI=1S/C12H18N4S/c1-4-5-13-9(2)10-8-17-12(15-10)11-14-6-7-16(11)3/h6-9,13H,4-5H2,1-3H3. The van der Waals surface area contributed by atoms with E-state index in [1.165, 1.54) is 0 Å². The van der Waals surface area contributed by atoms with Gasteiger partial charge in [0.05, 0.1) is 5.69 Å². The molecule has 0 aliphatic carbocycles. The van der Waals surface area contributed by atoms with Crippen LogP contribution in [0, 0.1) is 0 Å². The van der Waals surface area contributed by atoms with Gasteiger partial charge in [0.25, 0.3) is 0 Å². The Kier molecular flexibility index (Phi) is 3.91. The second-order valence-corrected chi connectivity index (χ2v) is 4.97. The van der Waals surface area contributed by atoms with Gasteiger partial charge in [-0.05, 0) is 19.9 Å². The first-order valence-electron chi connectivity index (χ1n) is 5.89. The number of rotatable bonds is 5. The van der Waals surface area contributed by atoms with E-state index in [2.05, 4.69) is 34.5 Å². The number of hydrogen-bond acceptors (Lipinski definition) is 4. The molecule has 1 unspecified atom stereocenters.